The molecule has 0 spiro atoms. The van der Waals surface area contributed by atoms with Crippen LogP contribution in [0.4, 0.5) is 0 Å². The predicted octanol–water partition coefficient (Wildman–Crippen LogP) is 3.75. The van der Waals surface area contributed by atoms with Crippen LogP contribution < -0.4 is 10.7 Å². The van der Waals surface area contributed by atoms with Crippen molar-refractivity contribution in [2.24, 2.45) is 0 Å². The van der Waals surface area contributed by atoms with Crippen LogP contribution in [0.2, 0.25) is 0 Å². The van der Waals surface area contributed by atoms with E-state index in [0.29, 0.717) is 17.5 Å². The minimum absolute atomic E-state index is 0.0154. The maximum atomic E-state index is 12.6. The minimum Gasteiger partial charge on any atom is -0.451 e. The summed E-state index contributed by atoms with van der Waals surface area (Å²) in [5.74, 6) is -0.363. The van der Waals surface area contributed by atoms with Gasteiger partial charge in [-0.1, -0.05) is 29.8 Å². The number of amides is 1. The fourth-order valence-corrected chi connectivity index (χ4v) is 3.19. The van der Waals surface area contributed by atoms with E-state index in [0.717, 1.165) is 16.7 Å². The summed E-state index contributed by atoms with van der Waals surface area (Å²) in [6.45, 7) is 6.34. The number of carbonyl (C=O) groups is 1. The average Bonchev–Trinajstić information content (AvgIpc) is 2.64. The monoisotopic (exact) mass is 378 g/mol. The van der Waals surface area contributed by atoms with E-state index in [4.69, 9.17) is 4.42 Å². The molecule has 3 rings (SSSR count). The summed E-state index contributed by atoms with van der Waals surface area (Å²) in [6.07, 6.45) is 0. The van der Waals surface area contributed by atoms with Crippen LogP contribution in [0.15, 0.2) is 51.7 Å². The van der Waals surface area contributed by atoms with E-state index in [1.165, 1.54) is 11.6 Å². The highest BCUT2D eigenvalue weighted by Crippen LogP contribution is 2.20. The Morgan fingerprint density at radius 2 is 1.68 bits per heavy atom. The van der Waals surface area contributed by atoms with E-state index in [9.17, 15) is 9.59 Å². The van der Waals surface area contributed by atoms with Crippen molar-refractivity contribution in [3.05, 3.63) is 80.7 Å². The van der Waals surface area contributed by atoms with E-state index in [2.05, 4.69) is 29.6 Å². The van der Waals surface area contributed by atoms with Gasteiger partial charge in [-0.05, 0) is 63.7 Å². The van der Waals surface area contributed by atoms with Crippen molar-refractivity contribution in [2.75, 3.05) is 20.6 Å². The Labute approximate surface area is 165 Å². The normalized spacial score (nSPS) is 12.4. The van der Waals surface area contributed by atoms with Crippen LogP contribution in [-0.4, -0.2) is 31.4 Å². The first kappa shape index (κ1) is 19.8. The SMILES string of the molecule is Cc1ccc([C@@H](CNC(=O)c2cc(=O)c3cc(C)c(C)cc3o2)N(C)C)cc1. The Balaban J connectivity index is 1.83. The number of benzene rings is 2. The van der Waals surface area contributed by atoms with Crippen LogP contribution in [0, 0.1) is 20.8 Å². The lowest BCUT2D eigenvalue weighted by atomic mass is 10.0. The Morgan fingerprint density at radius 1 is 1.04 bits per heavy atom. The van der Waals surface area contributed by atoms with Gasteiger partial charge in [-0.25, -0.2) is 0 Å². The van der Waals surface area contributed by atoms with Gasteiger partial charge < -0.3 is 14.6 Å². The first-order valence-corrected chi connectivity index (χ1v) is 9.32. The molecule has 3 aromatic rings. The number of hydrogen-bond acceptors (Lipinski definition) is 4. The van der Waals surface area contributed by atoms with Crippen LogP contribution in [0.3, 0.4) is 0 Å². The zero-order valence-electron chi connectivity index (χ0n) is 17.0. The summed E-state index contributed by atoms with van der Waals surface area (Å²) in [6, 6.07) is 13.1. The van der Waals surface area contributed by atoms with Crippen LogP contribution in [0.5, 0.6) is 0 Å². The maximum Gasteiger partial charge on any atom is 0.287 e. The van der Waals surface area contributed by atoms with Crippen molar-refractivity contribution in [2.45, 2.75) is 26.8 Å². The number of nitrogens with zero attached hydrogens (tertiary/aromatic N) is 1. The lowest BCUT2D eigenvalue weighted by Gasteiger charge is -2.25. The Kier molecular flexibility index (Phi) is 5.66. The number of likely N-dealkylation sites (N-methyl/N-ethyl adjacent to an activating group) is 1. The van der Waals surface area contributed by atoms with E-state index >= 15 is 0 Å². The number of fused-ring (bicyclic) bond motifs is 1. The molecule has 0 aliphatic carbocycles. The van der Waals surface area contributed by atoms with Gasteiger partial charge in [0.25, 0.3) is 5.91 Å². The summed E-state index contributed by atoms with van der Waals surface area (Å²) >= 11 is 0. The van der Waals surface area contributed by atoms with Crippen LogP contribution in [0.1, 0.15) is 38.9 Å². The van der Waals surface area contributed by atoms with Crippen molar-refractivity contribution < 1.29 is 9.21 Å². The number of nitrogens with one attached hydrogen (secondary N) is 1. The molecule has 0 saturated heterocycles. The molecular formula is C23H26N2O3. The smallest absolute Gasteiger partial charge is 0.287 e. The Bertz CT molecular complexity index is 1070. The van der Waals surface area contributed by atoms with Crippen molar-refractivity contribution in [1.82, 2.24) is 10.2 Å². The lowest BCUT2D eigenvalue weighted by Crippen LogP contribution is -2.34. The molecule has 0 bridgehead atoms. The van der Waals surface area contributed by atoms with Crippen molar-refractivity contribution in [3.63, 3.8) is 0 Å². The molecule has 0 saturated carbocycles. The molecular weight excluding hydrogens is 352 g/mol. The largest absolute Gasteiger partial charge is 0.451 e. The molecule has 0 fully saturated rings. The second-order valence-electron chi connectivity index (χ2n) is 7.51. The number of carbonyl (C=O) groups excluding carboxylic acids is 1. The highest BCUT2D eigenvalue weighted by atomic mass is 16.3. The van der Waals surface area contributed by atoms with E-state index < -0.39 is 5.91 Å². The summed E-state index contributed by atoms with van der Waals surface area (Å²) in [5.41, 5.74) is 4.56. The fourth-order valence-electron chi connectivity index (χ4n) is 3.19. The highest BCUT2D eigenvalue weighted by molar-refractivity contribution is 5.93. The van der Waals surface area contributed by atoms with E-state index in [-0.39, 0.29) is 17.2 Å². The zero-order chi connectivity index (χ0) is 20.4. The van der Waals surface area contributed by atoms with Gasteiger partial charge >= 0.3 is 0 Å². The second kappa shape index (κ2) is 7.98. The summed E-state index contributed by atoms with van der Waals surface area (Å²) in [5, 5.41) is 3.39. The molecule has 1 aromatic heterocycles. The summed E-state index contributed by atoms with van der Waals surface area (Å²) in [4.78, 5) is 27.1. The van der Waals surface area contributed by atoms with Gasteiger partial charge in [0.05, 0.1) is 11.4 Å². The first-order chi connectivity index (χ1) is 13.3. The number of aryl methyl sites for hydroxylation is 3. The summed E-state index contributed by atoms with van der Waals surface area (Å²) < 4.78 is 5.73. The van der Waals surface area contributed by atoms with Gasteiger partial charge in [0.1, 0.15) is 5.58 Å². The molecule has 0 radical (unpaired) electrons. The summed E-state index contributed by atoms with van der Waals surface area (Å²) in [7, 11) is 3.94. The molecule has 1 atom stereocenters. The fraction of sp³-hybridized carbons (Fsp3) is 0.304. The van der Waals surface area contributed by atoms with Gasteiger partial charge in [-0.3, -0.25) is 9.59 Å². The molecule has 2 aromatic carbocycles. The molecule has 28 heavy (non-hydrogen) atoms. The van der Waals surface area contributed by atoms with Crippen LogP contribution in [-0.2, 0) is 0 Å². The molecule has 0 aliphatic heterocycles. The van der Waals surface area contributed by atoms with Gasteiger partial charge in [0, 0.05) is 12.6 Å². The van der Waals surface area contributed by atoms with E-state index in [1.54, 1.807) is 12.1 Å². The first-order valence-electron chi connectivity index (χ1n) is 9.32. The van der Waals surface area contributed by atoms with Gasteiger partial charge in [-0.2, -0.15) is 0 Å². The molecule has 5 heteroatoms. The third kappa shape index (κ3) is 4.15. The second-order valence-corrected chi connectivity index (χ2v) is 7.51. The lowest BCUT2D eigenvalue weighted by molar-refractivity contribution is 0.0914. The topological polar surface area (TPSA) is 62.6 Å². The standard InChI is InChI=1S/C23H26N2O3/c1-14-6-8-17(9-7-14)19(25(4)5)13-24-23(27)22-12-20(26)18-10-15(2)16(3)11-21(18)28-22/h6-12,19H,13H2,1-5H3,(H,24,27)/t19-/m1/s1. The Hall–Kier alpha value is -2.92. The van der Waals surface area contributed by atoms with Crippen molar-refractivity contribution in [1.29, 1.82) is 0 Å². The molecule has 5 nitrogen and oxygen atoms in total. The molecule has 1 heterocycles. The third-order valence-corrected chi connectivity index (χ3v) is 5.11. The predicted molar refractivity (Wildman–Crippen MR) is 112 cm³/mol. The van der Waals surface area contributed by atoms with E-state index in [1.807, 2.05) is 39.8 Å². The Morgan fingerprint density at radius 3 is 2.32 bits per heavy atom. The molecule has 1 amide bonds. The minimum atomic E-state index is -0.392. The molecule has 1 N–H and O–H groups in total. The van der Waals surface area contributed by atoms with Gasteiger partial charge in [0.2, 0.25) is 0 Å². The van der Waals surface area contributed by atoms with Crippen LogP contribution >= 0.6 is 0 Å². The highest BCUT2D eigenvalue weighted by Gasteiger charge is 2.18. The maximum absolute atomic E-state index is 12.6. The molecule has 146 valence electrons. The van der Waals surface area contributed by atoms with Crippen molar-refractivity contribution in [3.8, 4) is 0 Å². The number of rotatable bonds is 5. The molecule has 0 unspecified atom stereocenters. The number of hydrogen-bond donors (Lipinski definition) is 1. The van der Waals surface area contributed by atoms with Crippen LogP contribution in [0.25, 0.3) is 11.0 Å². The van der Waals surface area contributed by atoms with Crippen molar-refractivity contribution >= 4 is 16.9 Å². The van der Waals surface area contributed by atoms with Gasteiger partial charge in [-0.15, -0.1) is 0 Å². The quantitative estimate of drug-likeness (QED) is 0.734. The average molecular weight is 378 g/mol. The zero-order valence-corrected chi connectivity index (χ0v) is 17.0. The molecule has 0 aliphatic rings. The third-order valence-electron chi connectivity index (χ3n) is 5.11. The van der Waals surface area contributed by atoms with Gasteiger partial charge in [0.15, 0.2) is 11.2 Å².